The molecule has 0 unspecified atom stereocenters. The minimum Gasteiger partial charge on any atom is -0.384 e. The third-order valence-electron chi connectivity index (χ3n) is 2.98. The summed E-state index contributed by atoms with van der Waals surface area (Å²) in [6.07, 6.45) is 2.79. The van der Waals surface area contributed by atoms with Crippen LogP contribution in [-0.4, -0.2) is 24.3 Å². The summed E-state index contributed by atoms with van der Waals surface area (Å²) in [5.74, 6) is 1.07. The normalized spacial score (nSPS) is 15.4. The molecule has 1 saturated carbocycles. The second-order valence-corrected chi connectivity index (χ2v) is 4.75. The van der Waals surface area contributed by atoms with Crippen LogP contribution in [0.4, 0.5) is 0 Å². The molecule has 1 aliphatic rings. The van der Waals surface area contributed by atoms with E-state index < -0.39 is 0 Å². The van der Waals surface area contributed by atoms with Gasteiger partial charge in [-0.25, -0.2) is 0 Å². The molecule has 3 nitrogen and oxygen atoms in total. The van der Waals surface area contributed by atoms with Gasteiger partial charge in [0.1, 0.15) is 5.84 Å². The van der Waals surface area contributed by atoms with Crippen molar-refractivity contribution in [1.29, 1.82) is 5.41 Å². The summed E-state index contributed by atoms with van der Waals surface area (Å²) in [6.45, 7) is 2.18. The van der Waals surface area contributed by atoms with Gasteiger partial charge in [-0.2, -0.15) is 0 Å². The summed E-state index contributed by atoms with van der Waals surface area (Å²) in [7, 11) is 2.16. The summed E-state index contributed by atoms with van der Waals surface area (Å²) in [5, 5.41) is 7.32. The lowest BCUT2D eigenvalue weighted by molar-refractivity contribution is 0.313. The molecule has 0 aromatic heterocycles. The third kappa shape index (κ3) is 3.07. The molecule has 0 atom stereocenters. The molecular formula is C13H19N3. The van der Waals surface area contributed by atoms with Gasteiger partial charge in [0.2, 0.25) is 0 Å². The first-order valence-corrected chi connectivity index (χ1v) is 5.77. The number of nitrogen functional groups attached to an aromatic ring is 1. The molecule has 0 spiro atoms. The van der Waals surface area contributed by atoms with E-state index >= 15 is 0 Å². The molecule has 3 heteroatoms. The van der Waals surface area contributed by atoms with E-state index in [2.05, 4.69) is 24.1 Å². The molecule has 1 aliphatic carbocycles. The molecule has 0 saturated heterocycles. The van der Waals surface area contributed by atoms with Gasteiger partial charge >= 0.3 is 0 Å². The Morgan fingerprint density at radius 3 is 2.50 bits per heavy atom. The maximum atomic E-state index is 7.32. The zero-order valence-corrected chi connectivity index (χ0v) is 9.74. The van der Waals surface area contributed by atoms with Gasteiger partial charge in [-0.15, -0.1) is 0 Å². The fourth-order valence-electron chi connectivity index (χ4n) is 1.91. The van der Waals surface area contributed by atoms with Gasteiger partial charge in [0.25, 0.3) is 0 Å². The fraction of sp³-hybridized carbons (Fsp3) is 0.462. The van der Waals surface area contributed by atoms with Crippen LogP contribution < -0.4 is 5.73 Å². The number of hydrogen-bond acceptors (Lipinski definition) is 2. The van der Waals surface area contributed by atoms with Crippen LogP contribution in [0.3, 0.4) is 0 Å². The number of rotatable bonds is 5. The van der Waals surface area contributed by atoms with Crippen molar-refractivity contribution in [2.45, 2.75) is 19.4 Å². The van der Waals surface area contributed by atoms with E-state index in [1.54, 1.807) is 0 Å². The Morgan fingerprint density at radius 1 is 1.38 bits per heavy atom. The van der Waals surface area contributed by atoms with Crippen molar-refractivity contribution in [3.63, 3.8) is 0 Å². The fourth-order valence-corrected chi connectivity index (χ4v) is 1.91. The van der Waals surface area contributed by atoms with Crippen molar-refractivity contribution in [3.8, 4) is 0 Å². The maximum absolute atomic E-state index is 7.32. The summed E-state index contributed by atoms with van der Waals surface area (Å²) < 4.78 is 0. The van der Waals surface area contributed by atoms with E-state index in [4.69, 9.17) is 11.1 Å². The minimum atomic E-state index is 0.137. The van der Waals surface area contributed by atoms with Crippen molar-refractivity contribution in [2.24, 2.45) is 11.7 Å². The molecule has 86 valence electrons. The van der Waals surface area contributed by atoms with Crippen molar-refractivity contribution in [1.82, 2.24) is 4.90 Å². The largest absolute Gasteiger partial charge is 0.384 e. The van der Waals surface area contributed by atoms with Gasteiger partial charge in [0.05, 0.1) is 0 Å². The van der Waals surface area contributed by atoms with Gasteiger partial charge in [-0.3, -0.25) is 5.41 Å². The lowest BCUT2D eigenvalue weighted by Gasteiger charge is -2.16. The van der Waals surface area contributed by atoms with Crippen LogP contribution in [-0.2, 0) is 6.54 Å². The summed E-state index contributed by atoms with van der Waals surface area (Å²) in [6, 6.07) is 7.95. The molecule has 0 aliphatic heterocycles. The molecule has 2 rings (SSSR count). The number of nitrogens with two attached hydrogens (primary N) is 1. The van der Waals surface area contributed by atoms with Crippen LogP contribution in [0.25, 0.3) is 0 Å². The van der Waals surface area contributed by atoms with Crippen LogP contribution >= 0.6 is 0 Å². The number of hydrogen-bond donors (Lipinski definition) is 2. The lowest BCUT2D eigenvalue weighted by atomic mass is 10.1. The zero-order chi connectivity index (χ0) is 11.5. The molecule has 1 aromatic carbocycles. The first kappa shape index (κ1) is 11.1. The minimum absolute atomic E-state index is 0.137. The molecule has 0 heterocycles. The zero-order valence-electron chi connectivity index (χ0n) is 9.74. The van der Waals surface area contributed by atoms with Gasteiger partial charge in [0.15, 0.2) is 0 Å². The van der Waals surface area contributed by atoms with Crippen molar-refractivity contribution < 1.29 is 0 Å². The predicted octanol–water partition coefficient (Wildman–Crippen LogP) is 1.81. The summed E-state index contributed by atoms with van der Waals surface area (Å²) in [4.78, 5) is 2.36. The smallest absolute Gasteiger partial charge is 0.122 e. The number of nitrogens with one attached hydrogen (secondary N) is 1. The number of nitrogens with zero attached hydrogens (tertiary/aromatic N) is 1. The van der Waals surface area contributed by atoms with E-state index in [0.29, 0.717) is 0 Å². The van der Waals surface area contributed by atoms with E-state index in [0.717, 1.165) is 18.0 Å². The Hall–Kier alpha value is -1.35. The third-order valence-corrected chi connectivity index (χ3v) is 2.98. The second-order valence-electron chi connectivity index (χ2n) is 4.75. The summed E-state index contributed by atoms with van der Waals surface area (Å²) in [5.41, 5.74) is 7.50. The molecule has 16 heavy (non-hydrogen) atoms. The Labute approximate surface area is 96.8 Å². The second kappa shape index (κ2) is 4.66. The molecule has 0 radical (unpaired) electrons. The Bertz CT molecular complexity index is 365. The average molecular weight is 217 g/mol. The highest BCUT2D eigenvalue weighted by atomic mass is 15.1. The lowest BCUT2D eigenvalue weighted by Crippen LogP contribution is -2.20. The average Bonchev–Trinajstić information content (AvgIpc) is 3.02. The van der Waals surface area contributed by atoms with Gasteiger partial charge in [-0.1, -0.05) is 24.3 Å². The monoisotopic (exact) mass is 217 g/mol. The van der Waals surface area contributed by atoms with E-state index in [1.165, 1.54) is 24.9 Å². The molecule has 0 bridgehead atoms. The molecular weight excluding hydrogens is 198 g/mol. The Balaban J connectivity index is 1.90. The van der Waals surface area contributed by atoms with Gasteiger partial charge < -0.3 is 10.6 Å². The van der Waals surface area contributed by atoms with Gasteiger partial charge in [0, 0.05) is 18.7 Å². The van der Waals surface area contributed by atoms with Crippen LogP contribution in [0.5, 0.6) is 0 Å². The highest BCUT2D eigenvalue weighted by Gasteiger charge is 2.22. The molecule has 1 aromatic rings. The maximum Gasteiger partial charge on any atom is 0.122 e. The van der Waals surface area contributed by atoms with E-state index in [9.17, 15) is 0 Å². The highest BCUT2D eigenvalue weighted by molar-refractivity contribution is 5.94. The van der Waals surface area contributed by atoms with Crippen LogP contribution in [0.15, 0.2) is 24.3 Å². The molecule has 0 amide bonds. The van der Waals surface area contributed by atoms with E-state index in [1.807, 2.05) is 12.1 Å². The Morgan fingerprint density at radius 2 is 2.00 bits per heavy atom. The van der Waals surface area contributed by atoms with Gasteiger partial charge in [-0.05, 0) is 31.4 Å². The van der Waals surface area contributed by atoms with Crippen LogP contribution in [0.2, 0.25) is 0 Å². The number of benzene rings is 1. The van der Waals surface area contributed by atoms with Crippen LogP contribution in [0.1, 0.15) is 24.0 Å². The topological polar surface area (TPSA) is 53.1 Å². The summed E-state index contributed by atoms with van der Waals surface area (Å²) >= 11 is 0. The number of amidine groups is 1. The molecule has 1 fully saturated rings. The van der Waals surface area contributed by atoms with Crippen molar-refractivity contribution in [3.05, 3.63) is 35.4 Å². The van der Waals surface area contributed by atoms with Crippen molar-refractivity contribution in [2.75, 3.05) is 13.6 Å². The van der Waals surface area contributed by atoms with E-state index in [-0.39, 0.29) is 5.84 Å². The first-order chi connectivity index (χ1) is 7.65. The Kier molecular flexibility index (Phi) is 3.25. The van der Waals surface area contributed by atoms with Crippen LogP contribution in [0, 0.1) is 11.3 Å². The predicted molar refractivity (Wildman–Crippen MR) is 66.5 cm³/mol. The SMILES string of the molecule is CN(Cc1ccc(C(=N)N)cc1)CC1CC1. The quantitative estimate of drug-likeness (QED) is 0.584. The van der Waals surface area contributed by atoms with Crippen molar-refractivity contribution >= 4 is 5.84 Å². The first-order valence-electron chi connectivity index (χ1n) is 5.77. The molecule has 3 N–H and O–H groups in total. The highest BCUT2D eigenvalue weighted by Crippen LogP contribution is 2.29. The standard InChI is InChI=1S/C13H19N3/c1-16(8-10-2-3-10)9-11-4-6-12(7-5-11)13(14)15/h4-7,10H,2-3,8-9H2,1H3,(H3,14,15).